The van der Waals surface area contributed by atoms with Gasteiger partial charge in [0, 0.05) is 5.69 Å². The number of aliphatic carboxylic acids is 1. The van der Waals surface area contributed by atoms with E-state index in [9.17, 15) is 9.59 Å². The maximum Gasteiger partial charge on any atom is 0.307 e. The Balaban J connectivity index is 1.52. The van der Waals surface area contributed by atoms with Gasteiger partial charge in [-0.25, -0.2) is 0 Å². The second-order valence-corrected chi connectivity index (χ2v) is 7.52. The molecule has 0 radical (unpaired) electrons. The number of carbonyl (C=O) groups excluding carboxylic acids is 1. The molecule has 2 aliphatic carbocycles. The van der Waals surface area contributed by atoms with Gasteiger partial charge in [-0.15, -0.1) is 0 Å². The van der Waals surface area contributed by atoms with E-state index in [4.69, 9.17) is 9.84 Å². The topological polar surface area (TPSA) is 75.6 Å². The first-order chi connectivity index (χ1) is 12.0. The molecule has 136 valence electrons. The predicted octanol–water partition coefficient (Wildman–Crippen LogP) is 3.83. The van der Waals surface area contributed by atoms with Crippen molar-refractivity contribution in [1.82, 2.24) is 0 Å². The molecule has 1 amide bonds. The van der Waals surface area contributed by atoms with Crippen LogP contribution in [-0.4, -0.2) is 23.1 Å². The molecular formula is C20H27NO4. The second-order valence-electron chi connectivity index (χ2n) is 7.52. The minimum absolute atomic E-state index is 0.196. The van der Waals surface area contributed by atoms with Crippen molar-refractivity contribution in [3.8, 4) is 0 Å². The summed E-state index contributed by atoms with van der Waals surface area (Å²) in [6.07, 6.45) is 6.32. The number of nitrogens with one attached hydrogen (secondary N) is 1. The van der Waals surface area contributed by atoms with Gasteiger partial charge >= 0.3 is 5.97 Å². The van der Waals surface area contributed by atoms with E-state index in [1.54, 1.807) is 0 Å². The van der Waals surface area contributed by atoms with Crippen LogP contribution in [0, 0.1) is 17.8 Å². The standard InChI is InChI=1S/C20H27NO4/c1-13-4-2-7-16(10-13)25-12-14-5-3-6-15(11-14)21-19(22)17-8-9-18(17)20(23)24/h3,5-6,11,13,16-18H,2,4,7-10,12H2,1H3,(H,21,22)(H,23,24). The van der Waals surface area contributed by atoms with Crippen molar-refractivity contribution in [2.24, 2.45) is 17.8 Å². The summed E-state index contributed by atoms with van der Waals surface area (Å²) >= 11 is 0. The van der Waals surface area contributed by atoms with Gasteiger partial charge in [0.05, 0.1) is 24.5 Å². The summed E-state index contributed by atoms with van der Waals surface area (Å²) in [5.74, 6) is -1.30. The monoisotopic (exact) mass is 345 g/mol. The number of carbonyl (C=O) groups is 2. The molecule has 25 heavy (non-hydrogen) atoms. The van der Waals surface area contributed by atoms with Crippen LogP contribution in [0.4, 0.5) is 5.69 Å². The zero-order valence-electron chi connectivity index (χ0n) is 14.7. The van der Waals surface area contributed by atoms with Gasteiger partial charge in [-0.3, -0.25) is 9.59 Å². The number of benzene rings is 1. The fourth-order valence-corrected chi connectivity index (χ4v) is 3.83. The number of ether oxygens (including phenoxy) is 1. The van der Waals surface area contributed by atoms with Gasteiger partial charge in [-0.05, 0) is 49.3 Å². The average molecular weight is 345 g/mol. The molecule has 0 bridgehead atoms. The molecule has 2 saturated carbocycles. The quantitative estimate of drug-likeness (QED) is 0.821. The fraction of sp³-hybridized carbons (Fsp3) is 0.600. The minimum atomic E-state index is -0.879. The van der Waals surface area contributed by atoms with Gasteiger partial charge in [-0.2, -0.15) is 0 Å². The van der Waals surface area contributed by atoms with Gasteiger partial charge < -0.3 is 15.2 Å². The first kappa shape index (κ1) is 17.9. The molecule has 0 heterocycles. The third kappa shape index (κ3) is 4.60. The predicted molar refractivity (Wildman–Crippen MR) is 95.1 cm³/mol. The van der Waals surface area contributed by atoms with Crippen molar-refractivity contribution in [3.63, 3.8) is 0 Å². The maximum absolute atomic E-state index is 12.3. The molecule has 0 aliphatic heterocycles. The molecule has 3 rings (SSSR count). The van der Waals surface area contributed by atoms with Crippen molar-refractivity contribution < 1.29 is 19.4 Å². The Morgan fingerprint density at radius 3 is 2.68 bits per heavy atom. The molecule has 1 aromatic carbocycles. The van der Waals surface area contributed by atoms with Crippen LogP contribution in [0.2, 0.25) is 0 Å². The van der Waals surface area contributed by atoms with Crippen LogP contribution in [0.25, 0.3) is 0 Å². The van der Waals surface area contributed by atoms with Gasteiger partial charge in [0.25, 0.3) is 0 Å². The Kier molecular flexibility index (Phi) is 5.74. The number of carboxylic acids is 1. The lowest BCUT2D eigenvalue weighted by molar-refractivity contribution is -0.151. The molecular weight excluding hydrogens is 318 g/mol. The Morgan fingerprint density at radius 2 is 2.00 bits per heavy atom. The highest BCUT2D eigenvalue weighted by Gasteiger charge is 2.41. The maximum atomic E-state index is 12.3. The molecule has 2 aliphatic rings. The summed E-state index contributed by atoms with van der Waals surface area (Å²) in [7, 11) is 0. The van der Waals surface area contributed by atoms with Gasteiger partial charge in [0.1, 0.15) is 0 Å². The summed E-state index contributed by atoms with van der Waals surface area (Å²) in [5.41, 5.74) is 1.73. The number of carboxylic acid groups (broad SMARTS) is 1. The highest BCUT2D eigenvalue weighted by atomic mass is 16.5. The Hall–Kier alpha value is -1.88. The first-order valence-electron chi connectivity index (χ1n) is 9.27. The lowest BCUT2D eigenvalue weighted by Crippen LogP contribution is -2.41. The molecule has 2 N–H and O–H groups in total. The first-order valence-corrected chi connectivity index (χ1v) is 9.27. The van der Waals surface area contributed by atoms with Crippen LogP contribution in [0.3, 0.4) is 0 Å². The van der Waals surface area contributed by atoms with Crippen molar-refractivity contribution in [1.29, 1.82) is 0 Å². The largest absolute Gasteiger partial charge is 0.481 e. The van der Waals surface area contributed by atoms with E-state index in [1.807, 2.05) is 24.3 Å². The van der Waals surface area contributed by atoms with Crippen molar-refractivity contribution in [2.45, 2.75) is 58.2 Å². The van der Waals surface area contributed by atoms with Crippen LogP contribution in [-0.2, 0) is 20.9 Å². The summed E-state index contributed by atoms with van der Waals surface area (Å²) < 4.78 is 6.04. The zero-order valence-corrected chi connectivity index (χ0v) is 14.7. The lowest BCUT2D eigenvalue weighted by Gasteiger charge is -2.31. The number of hydrogen-bond donors (Lipinski definition) is 2. The molecule has 5 nitrogen and oxygen atoms in total. The molecule has 1 aromatic rings. The third-order valence-electron chi connectivity index (χ3n) is 5.50. The Bertz CT molecular complexity index is 630. The number of hydrogen-bond acceptors (Lipinski definition) is 3. The van der Waals surface area contributed by atoms with Crippen LogP contribution < -0.4 is 5.32 Å². The summed E-state index contributed by atoms with van der Waals surface area (Å²) in [6.45, 7) is 2.82. The van der Waals surface area contributed by atoms with E-state index >= 15 is 0 Å². The minimum Gasteiger partial charge on any atom is -0.481 e. The molecule has 0 aromatic heterocycles. The highest BCUT2D eigenvalue weighted by molar-refractivity contribution is 5.96. The van der Waals surface area contributed by atoms with Crippen LogP contribution in [0.1, 0.15) is 51.0 Å². The van der Waals surface area contributed by atoms with Crippen molar-refractivity contribution in [3.05, 3.63) is 29.8 Å². The Morgan fingerprint density at radius 1 is 1.20 bits per heavy atom. The summed E-state index contributed by atoms with van der Waals surface area (Å²) in [5, 5.41) is 11.9. The number of anilines is 1. The summed E-state index contributed by atoms with van der Waals surface area (Å²) in [6, 6.07) is 7.63. The van der Waals surface area contributed by atoms with Gasteiger partial charge in [-0.1, -0.05) is 31.9 Å². The zero-order chi connectivity index (χ0) is 17.8. The molecule has 4 unspecified atom stereocenters. The molecule has 5 heteroatoms. The van der Waals surface area contributed by atoms with Crippen molar-refractivity contribution in [2.75, 3.05) is 5.32 Å². The van der Waals surface area contributed by atoms with E-state index in [-0.39, 0.29) is 5.91 Å². The van der Waals surface area contributed by atoms with Crippen LogP contribution >= 0.6 is 0 Å². The van der Waals surface area contributed by atoms with E-state index in [0.717, 1.165) is 24.3 Å². The van der Waals surface area contributed by atoms with Crippen molar-refractivity contribution >= 4 is 17.6 Å². The third-order valence-corrected chi connectivity index (χ3v) is 5.50. The molecule has 2 fully saturated rings. The lowest BCUT2D eigenvalue weighted by atomic mass is 9.73. The van der Waals surface area contributed by atoms with Crippen LogP contribution in [0.15, 0.2) is 24.3 Å². The van der Waals surface area contributed by atoms with E-state index in [2.05, 4.69) is 12.2 Å². The SMILES string of the molecule is CC1CCCC(OCc2cccc(NC(=O)C3CCC3C(=O)O)c2)C1. The molecule has 0 spiro atoms. The molecule has 4 atom stereocenters. The van der Waals surface area contributed by atoms with E-state index < -0.39 is 17.8 Å². The second kappa shape index (κ2) is 8.00. The van der Waals surface area contributed by atoms with E-state index in [1.165, 1.54) is 12.8 Å². The smallest absolute Gasteiger partial charge is 0.307 e. The van der Waals surface area contributed by atoms with Gasteiger partial charge in [0.15, 0.2) is 0 Å². The average Bonchev–Trinajstić information content (AvgIpc) is 2.51. The van der Waals surface area contributed by atoms with E-state index in [0.29, 0.717) is 31.2 Å². The normalized spacial score (nSPS) is 28.8. The van der Waals surface area contributed by atoms with Crippen LogP contribution in [0.5, 0.6) is 0 Å². The highest BCUT2D eigenvalue weighted by Crippen LogP contribution is 2.35. The summed E-state index contributed by atoms with van der Waals surface area (Å²) in [4.78, 5) is 23.3. The molecule has 0 saturated heterocycles. The number of rotatable bonds is 6. The van der Waals surface area contributed by atoms with Gasteiger partial charge in [0.2, 0.25) is 5.91 Å². The Labute approximate surface area is 148 Å². The number of amides is 1. The fourth-order valence-electron chi connectivity index (χ4n) is 3.83.